The van der Waals surface area contributed by atoms with E-state index < -0.39 is 5.97 Å². The molecule has 4 aromatic rings. The second-order valence-corrected chi connectivity index (χ2v) is 8.27. The van der Waals surface area contributed by atoms with E-state index in [1.807, 2.05) is 31.5 Å². The minimum atomic E-state index is -0.898. The van der Waals surface area contributed by atoms with Crippen molar-refractivity contribution in [2.45, 2.75) is 26.7 Å². The van der Waals surface area contributed by atoms with Gasteiger partial charge in [0.2, 0.25) is 0 Å². The Morgan fingerprint density at radius 3 is 2.58 bits per heavy atom. The molecule has 0 fully saturated rings. The molecule has 0 aliphatic carbocycles. The van der Waals surface area contributed by atoms with Crippen LogP contribution in [0.1, 0.15) is 32.2 Å². The SMILES string of the molecule is Cc1ncsc1CCOc1ccc(C(=O)n2c(C)cc3c(CC(=O)O)cccc32)cc1. The summed E-state index contributed by atoms with van der Waals surface area (Å²) in [7, 11) is 0. The summed E-state index contributed by atoms with van der Waals surface area (Å²) in [5.74, 6) is -0.353. The number of carboxylic acid groups (broad SMARTS) is 1. The molecule has 0 atom stereocenters. The summed E-state index contributed by atoms with van der Waals surface area (Å²) in [4.78, 5) is 29.8. The number of ether oxygens (including phenoxy) is 1. The van der Waals surface area contributed by atoms with Gasteiger partial charge in [-0.2, -0.15) is 0 Å². The van der Waals surface area contributed by atoms with Crippen molar-refractivity contribution in [2.24, 2.45) is 0 Å². The number of rotatable bonds is 7. The highest BCUT2D eigenvalue weighted by atomic mass is 32.1. The number of aryl methyl sites for hydroxylation is 2. The first-order valence-corrected chi connectivity index (χ1v) is 10.8. The van der Waals surface area contributed by atoms with Crippen LogP contribution >= 0.6 is 11.3 Å². The van der Waals surface area contributed by atoms with Crippen molar-refractivity contribution < 1.29 is 19.4 Å². The maximum atomic E-state index is 13.2. The van der Waals surface area contributed by atoms with Gasteiger partial charge in [-0.3, -0.25) is 14.2 Å². The van der Waals surface area contributed by atoms with Crippen molar-refractivity contribution in [1.82, 2.24) is 9.55 Å². The average Bonchev–Trinajstić information content (AvgIpc) is 3.30. The molecule has 2 aromatic heterocycles. The molecule has 0 aliphatic heterocycles. The standard InChI is InChI=1S/C24H22N2O4S/c1-15-12-20-18(13-23(27)28)4-3-5-21(20)26(15)24(29)17-6-8-19(9-7-17)30-11-10-22-16(2)25-14-31-22/h3-9,12,14H,10-11,13H2,1-2H3,(H,27,28). The molecule has 0 bridgehead atoms. The molecule has 0 unspecified atom stereocenters. The predicted molar refractivity (Wildman–Crippen MR) is 120 cm³/mol. The minimum absolute atomic E-state index is 0.0813. The Balaban J connectivity index is 1.52. The summed E-state index contributed by atoms with van der Waals surface area (Å²) in [6, 6.07) is 14.4. The lowest BCUT2D eigenvalue weighted by Crippen LogP contribution is -2.13. The van der Waals surface area contributed by atoms with Gasteiger partial charge in [0.1, 0.15) is 5.75 Å². The number of thiazole rings is 1. The number of benzene rings is 2. The van der Waals surface area contributed by atoms with Crippen molar-refractivity contribution >= 4 is 34.1 Å². The van der Waals surface area contributed by atoms with Crippen LogP contribution in [0.3, 0.4) is 0 Å². The van der Waals surface area contributed by atoms with Crippen LogP contribution in [0.4, 0.5) is 0 Å². The minimum Gasteiger partial charge on any atom is -0.493 e. The van der Waals surface area contributed by atoms with E-state index in [1.54, 1.807) is 52.3 Å². The van der Waals surface area contributed by atoms with Gasteiger partial charge in [-0.1, -0.05) is 12.1 Å². The van der Waals surface area contributed by atoms with E-state index in [9.17, 15) is 9.59 Å². The highest BCUT2D eigenvalue weighted by Gasteiger charge is 2.17. The number of hydrogen-bond donors (Lipinski definition) is 1. The van der Waals surface area contributed by atoms with Crippen molar-refractivity contribution in [3.05, 3.63) is 81.4 Å². The molecule has 0 saturated carbocycles. The van der Waals surface area contributed by atoms with Gasteiger partial charge in [-0.05, 0) is 55.8 Å². The van der Waals surface area contributed by atoms with Crippen molar-refractivity contribution in [2.75, 3.05) is 6.61 Å². The maximum absolute atomic E-state index is 13.2. The lowest BCUT2D eigenvalue weighted by atomic mass is 10.1. The van der Waals surface area contributed by atoms with E-state index >= 15 is 0 Å². The molecule has 7 heteroatoms. The third kappa shape index (κ3) is 4.36. The van der Waals surface area contributed by atoms with Crippen molar-refractivity contribution in [3.8, 4) is 5.75 Å². The van der Waals surface area contributed by atoms with Gasteiger partial charge in [0.25, 0.3) is 5.91 Å². The fourth-order valence-electron chi connectivity index (χ4n) is 3.66. The van der Waals surface area contributed by atoms with Gasteiger partial charge in [-0.25, -0.2) is 4.98 Å². The average molecular weight is 435 g/mol. The first kappa shape index (κ1) is 20.8. The number of fused-ring (bicyclic) bond motifs is 1. The highest BCUT2D eigenvalue weighted by Crippen LogP contribution is 2.25. The molecule has 0 amide bonds. The van der Waals surface area contributed by atoms with Gasteiger partial charge in [0, 0.05) is 27.9 Å². The lowest BCUT2D eigenvalue weighted by molar-refractivity contribution is -0.136. The molecule has 31 heavy (non-hydrogen) atoms. The molecule has 0 aliphatic rings. The van der Waals surface area contributed by atoms with Crippen LogP contribution in [0, 0.1) is 13.8 Å². The van der Waals surface area contributed by atoms with Gasteiger partial charge in [0.05, 0.1) is 29.7 Å². The number of aliphatic carboxylic acids is 1. The number of nitrogens with zero attached hydrogens (tertiary/aromatic N) is 2. The van der Waals surface area contributed by atoms with Crippen LogP contribution in [-0.4, -0.2) is 33.1 Å². The summed E-state index contributed by atoms with van der Waals surface area (Å²) < 4.78 is 7.44. The molecule has 6 nitrogen and oxygen atoms in total. The normalized spacial score (nSPS) is 11.0. The number of carbonyl (C=O) groups is 2. The summed E-state index contributed by atoms with van der Waals surface area (Å²) in [5, 5.41) is 9.94. The van der Waals surface area contributed by atoms with Gasteiger partial charge >= 0.3 is 5.97 Å². The molecule has 158 valence electrons. The number of carboxylic acids is 1. The van der Waals surface area contributed by atoms with Crippen LogP contribution in [0.5, 0.6) is 5.75 Å². The van der Waals surface area contributed by atoms with E-state index in [-0.39, 0.29) is 12.3 Å². The first-order chi connectivity index (χ1) is 14.9. The predicted octanol–water partition coefficient (Wildman–Crippen LogP) is 4.65. The van der Waals surface area contributed by atoms with Crippen molar-refractivity contribution in [3.63, 3.8) is 0 Å². The first-order valence-electron chi connectivity index (χ1n) is 9.92. The Morgan fingerprint density at radius 1 is 1.13 bits per heavy atom. The molecular formula is C24H22N2O4S. The maximum Gasteiger partial charge on any atom is 0.307 e. The van der Waals surface area contributed by atoms with Crippen LogP contribution in [0.2, 0.25) is 0 Å². The smallest absolute Gasteiger partial charge is 0.307 e. The zero-order valence-electron chi connectivity index (χ0n) is 17.3. The van der Waals surface area contributed by atoms with E-state index in [4.69, 9.17) is 9.84 Å². The summed E-state index contributed by atoms with van der Waals surface area (Å²) in [5.41, 5.74) is 5.58. The Morgan fingerprint density at radius 2 is 1.90 bits per heavy atom. The molecule has 2 heterocycles. The largest absolute Gasteiger partial charge is 0.493 e. The van der Waals surface area contributed by atoms with E-state index in [1.165, 1.54) is 4.88 Å². The number of hydrogen-bond acceptors (Lipinski definition) is 5. The molecular weight excluding hydrogens is 412 g/mol. The molecule has 2 aromatic carbocycles. The monoisotopic (exact) mass is 434 g/mol. The second-order valence-electron chi connectivity index (χ2n) is 7.33. The topological polar surface area (TPSA) is 81.4 Å². The third-order valence-electron chi connectivity index (χ3n) is 5.21. The van der Waals surface area contributed by atoms with Gasteiger partial charge < -0.3 is 9.84 Å². The van der Waals surface area contributed by atoms with E-state index in [0.29, 0.717) is 29.0 Å². The Bertz CT molecular complexity index is 1250. The highest BCUT2D eigenvalue weighted by molar-refractivity contribution is 7.09. The Labute approximate surface area is 183 Å². The molecule has 4 rings (SSSR count). The van der Waals surface area contributed by atoms with Gasteiger partial charge in [-0.15, -0.1) is 11.3 Å². The van der Waals surface area contributed by atoms with E-state index in [2.05, 4.69) is 4.98 Å². The van der Waals surface area contributed by atoms with Crippen LogP contribution in [0.25, 0.3) is 10.9 Å². The quantitative estimate of drug-likeness (QED) is 0.458. The van der Waals surface area contributed by atoms with E-state index in [0.717, 1.165) is 23.2 Å². The lowest BCUT2D eigenvalue weighted by Gasteiger charge is -2.09. The van der Waals surface area contributed by atoms with Crippen LogP contribution in [0.15, 0.2) is 54.0 Å². The number of carbonyl (C=O) groups excluding carboxylic acids is 1. The summed E-state index contributed by atoms with van der Waals surface area (Å²) in [6.45, 7) is 4.38. The zero-order chi connectivity index (χ0) is 22.0. The summed E-state index contributed by atoms with van der Waals surface area (Å²) in [6.07, 6.45) is 0.715. The fraction of sp³-hybridized carbons (Fsp3) is 0.208. The van der Waals surface area contributed by atoms with Crippen LogP contribution in [-0.2, 0) is 17.6 Å². The zero-order valence-corrected chi connectivity index (χ0v) is 18.1. The number of aromatic nitrogens is 2. The molecule has 1 N–H and O–H groups in total. The summed E-state index contributed by atoms with van der Waals surface area (Å²) >= 11 is 1.62. The van der Waals surface area contributed by atoms with Crippen LogP contribution < -0.4 is 4.74 Å². The second kappa shape index (κ2) is 8.73. The third-order valence-corrected chi connectivity index (χ3v) is 6.20. The molecule has 0 radical (unpaired) electrons. The Hall–Kier alpha value is -3.45. The molecule has 0 saturated heterocycles. The van der Waals surface area contributed by atoms with Crippen molar-refractivity contribution in [1.29, 1.82) is 0 Å². The Kier molecular flexibility index (Phi) is 5.86. The molecule has 0 spiro atoms. The fourth-order valence-corrected chi connectivity index (χ4v) is 4.42. The van der Waals surface area contributed by atoms with Gasteiger partial charge in [0.15, 0.2) is 0 Å².